The standard InChI is InChI=1S/C5H8N4OS/c6-4-7-5-9(8-4)1-3(10)2-11-5/h3,10H,1-2H2,(H2,6,8). The Hall–Kier alpha value is -0.750. The average Bonchev–Trinajstić information content (AvgIpc) is 2.27. The number of nitrogens with two attached hydrogens (primary N) is 1. The zero-order valence-electron chi connectivity index (χ0n) is 5.77. The summed E-state index contributed by atoms with van der Waals surface area (Å²) in [4.78, 5) is 3.97. The van der Waals surface area contributed by atoms with Crippen LogP contribution in [0.4, 0.5) is 5.95 Å². The van der Waals surface area contributed by atoms with Gasteiger partial charge in [-0.1, -0.05) is 11.8 Å². The molecule has 0 saturated carbocycles. The van der Waals surface area contributed by atoms with Gasteiger partial charge in [0.25, 0.3) is 0 Å². The van der Waals surface area contributed by atoms with Crippen LogP contribution in [0, 0.1) is 0 Å². The van der Waals surface area contributed by atoms with Crippen molar-refractivity contribution in [1.29, 1.82) is 0 Å². The van der Waals surface area contributed by atoms with Gasteiger partial charge in [-0.25, -0.2) is 4.68 Å². The van der Waals surface area contributed by atoms with E-state index in [1.165, 1.54) is 11.8 Å². The molecule has 2 rings (SSSR count). The van der Waals surface area contributed by atoms with Crippen LogP contribution in [-0.4, -0.2) is 31.7 Å². The van der Waals surface area contributed by atoms with Gasteiger partial charge in [-0.3, -0.25) is 0 Å². The molecule has 0 fully saturated rings. The number of hydrogen-bond donors (Lipinski definition) is 2. The Bertz CT molecular complexity index is 273. The lowest BCUT2D eigenvalue weighted by molar-refractivity contribution is 0.164. The summed E-state index contributed by atoms with van der Waals surface area (Å²) in [5.74, 6) is 0.958. The molecule has 0 saturated heterocycles. The topological polar surface area (TPSA) is 77.0 Å². The first kappa shape index (κ1) is 6.93. The normalized spacial score (nSPS) is 23.2. The van der Waals surface area contributed by atoms with Crippen molar-refractivity contribution >= 4 is 17.7 Å². The Kier molecular flexibility index (Phi) is 1.50. The molecular weight excluding hydrogens is 164 g/mol. The summed E-state index contributed by atoms with van der Waals surface area (Å²) in [7, 11) is 0. The molecule has 1 unspecified atom stereocenters. The van der Waals surface area contributed by atoms with Gasteiger partial charge in [-0.15, -0.1) is 5.10 Å². The lowest BCUT2D eigenvalue weighted by Gasteiger charge is -2.15. The Morgan fingerprint density at radius 2 is 2.55 bits per heavy atom. The number of aliphatic hydroxyl groups excluding tert-OH is 1. The quantitative estimate of drug-likeness (QED) is 0.542. The molecule has 5 nitrogen and oxygen atoms in total. The third-order valence-electron chi connectivity index (χ3n) is 1.44. The van der Waals surface area contributed by atoms with Crippen molar-refractivity contribution in [3.63, 3.8) is 0 Å². The van der Waals surface area contributed by atoms with Gasteiger partial charge in [0.15, 0.2) is 5.16 Å². The van der Waals surface area contributed by atoms with Gasteiger partial charge in [0.05, 0.1) is 12.6 Å². The maximum atomic E-state index is 9.21. The highest BCUT2D eigenvalue weighted by molar-refractivity contribution is 7.99. The minimum absolute atomic E-state index is 0.279. The fourth-order valence-electron chi connectivity index (χ4n) is 0.993. The summed E-state index contributed by atoms with van der Waals surface area (Å²) in [6, 6.07) is 0. The number of hydrogen-bond acceptors (Lipinski definition) is 5. The van der Waals surface area contributed by atoms with E-state index in [0.29, 0.717) is 12.3 Å². The highest BCUT2D eigenvalue weighted by Crippen LogP contribution is 2.22. The second-order valence-electron chi connectivity index (χ2n) is 2.40. The maximum absolute atomic E-state index is 9.21. The van der Waals surface area contributed by atoms with Crippen LogP contribution in [0.2, 0.25) is 0 Å². The van der Waals surface area contributed by atoms with Crippen LogP contribution in [0.3, 0.4) is 0 Å². The van der Waals surface area contributed by atoms with Gasteiger partial charge in [-0.05, 0) is 0 Å². The van der Waals surface area contributed by atoms with E-state index in [4.69, 9.17) is 5.73 Å². The number of aromatic nitrogens is 3. The highest BCUT2D eigenvalue weighted by Gasteiger charge is 2.19. The van der Waals surface area contributed by atoms with Crippen molar-refractivity contribution in [1.82, 2.24) is 14.8 Å². The van der Waals surface area contributed by atoms with Crippen LogP contribution in [-0.2, 0) is 6.54 Å². The van der Waals surface area contributed by atoms with Crippen LogP contribution in [0.5, 0.6) is 0 Å². The van der Waals surface area contributed by atoms with E-state index in [9.17, 15) is 5.11 Å². The van der Waals surface area contributed by atoms with Crippen LogP contribution < -0.4 is 5.73 Å². The van der Waals surface area contributed by atoms with E-state index < -0.39 is 0 Å². The molecule has 1 aliphatic heterocycles. The van der Waals surface area contributed by atoms with Gasteiger partial charge in [-0.2, -0.15) is 4.98 Å². The van der Waals surface area contributed by atoms with Crippen LogP contribution >= 0.6 is 11.8 Å². The van der Waals surface area contributed by atoms with Gasteiger partial charge in [0, 0.05) is 5.75 Å². The zero-order chi connectivity index (χ0) is 7.84. The molecule has 11 heavy (non-hydrogen) atoms. The average molecular weight is 172 g/mol. The molecular formula is C5H8N4OS. The number of rotatable bonds is 0. The van der Waals surface area contributed by atoms with E-state index in [0.717, 1.165) is 5.16 Å². The van der Waals surface area contributed by atoms with E-state index in [2.05, 4.69) is 10.1 Å². The predicted molar refractivity (Wildman–Crippen MR) is 41.2 cm³/mol. The molecule has 1 aliphatic rings. The minimum Gasteiger partial charge on any atom is -0.390 e. The monoisotopic (exact) mass is 172 g/mol. The molecule has 2 heterocycles. The molecule has 1 aromatic heterocycles. The van der Waals surface area contributed by atoms with E-state index in [1.807, 2.05) is 0 Å². The molecule has 0 aromatic carbocycles. The zero-order valence-corrected chi connectivity index (χ0v) is 6.58. The van der Waals surface area contributed by atoms with Gasteiger partial charge >= 0.3 is 0 Å². The Labute approximate surface area is 67.6 Å². The third-order valence-corrected chi connectivity index (χ3v) is 2.55. The first-order valence-corrected chi connectivity index (χ1v) is 4.25. The van der Waals surface area contributed by atoms with Crippen molar-refractivity contribution in [3.05, 3.63) is 0 Å². The number of nitrogen functional groups attached to an aromatic ring is 1. The largest absolute Gasteiger partial charge is 0.390 e. The lowest BCUT2D eigenvalue weighted by Crippen LogP contribution is -2.24. The third kappa shape index (κ3) is 1.19. The molecule has 0 spiro atoms. The number of nitrogens with zero attached hydrogens (tertiary/aromatic N) is 3. The van der Waals surface area contributed by atoms with Gasteiger partial charge < -0.3 is 10.8 Å². The molecule has 0 radical (unpaired) electrons. The molecule has 60 valence electrons. The van der Waals surface area contributed by atoms with Crippen molar-refractivity contribution in [3.8, 4) is 0 Å². The van der Waals surface area contributed by atoms with E-state index >= 15 is 0 Å². The molecule has 0 aliphatic carbocycles. The van der Waals surface area contributed by atoms with Gasteiger partial charge in [0.2, 0.25) is 5.95 Å². The number of aliphatic hydroxyl groups is 1. The Morgan fingerprint density at radius 3 is 3.36 bits per heavy atom. The maximum Gasteiger partial charge on any atom is 0.240 e. The number of fused-ring (bicyclic) bond motifs is 1. The van der Waals surface area contributed by atoms with Crippen molar-refractivity contribution in [2.75, 3.05) is 11.5 Å². The first-order chi connectivity index (χ1) is 5.25. The summed E-state index contributed by atoms with van der Waals surface area (Å²) in [5.41, 5.74) is 5.37. The van der Waals surface area contributed by atoms with Crippen LogP contribution in [0.1, 0.15) is 0 Å². The Morgan fingerprint density at radius 1 is 1.73 bits per heavy atom. The first-order valence-electron chi connectivity index (χ1n) is 3.27. The molecule has 6 heteroatoms. The number of anilines is 1. The predicted octanol–water partition coefficient (Wildman–Crippen LogP) is -0.673. The summed E-state index contributed by atoms with van der Waals surface area (Å²) in [5, 5.41) is 13.9. The summed E-state index contributed by atoms with van der Waals surface area (Å²) in [6.07, 6.45) is -0.325. The van der Waals surface area contributed by atoms with Gasteiger partial charge in [0.1, 0.15) is 0 Å². The SMILES string of the molecule is Nc1nc2n(n1)CC(O)CS2. The Balaban J connectivity index is 2.34. The van der Waals surface area contributed by atoms with Crippen molar-refractivity contribution in [2.45, 2.75) is 17.8 Å². The second-order valence-corrected chi connectivity index (χ2v) is 3.39. The molecule has 0 amide bonds. The summed E-state index contributed by atoms with van der Waals surface area (Å²) >= 11 is 1.48. The fourth-order valence-corrected chi connectivity index (χ4v) is 1.86. The summed E-state index contributed by atoms with van der Waals surface area (Å²) in [6.45, 7) is 0.506. The smallest absolute Gasteiger partial charge is 0.240 e. The van der Waals surface area contributed by atoms with Crippen molar-refractivity contribution in [2.24, 2.45) is 0 Å². The lowest BCUT2D eigenvalue weighted by atomic mass is 10.4. The van der Waals surface area contributed by atoms with Crippen molar-refractivity contribution < 1.29 is 5.11 Å². The molecule has 0 bridgehead atoms. The van der Waals surface area contributed by atoms with E-state index in [-0.39, 0.29) is 12.1 Å². The fraction of sp³-hybridized carbons (Fsp3) is 0.600. The molecule has 1 atom stereocenters. The highest BCUT2D eigenvalue weighted by atomic mass is 32.2. The minimum atomic E-state index is -0.325. The second kappa shape index (κ2) is 2.38. The summed E-state index contributed by atoms with van der Waals surface area (Å²) < 4.78 is 1.63. The van der Waals surface area contributed by atoms with Crippen LogP contribution in [0.15, 0.2) is 5.16 Å². The number of thioether (sulfide) groups is 1. The van der Waals surface area contributed by atoms with E-state index in [1.54, 1.807) is 4.68 Å². The van der Waals surface area contributed by atoms with Crippen LogP contribution in [0.25, 0.3) is 0 Å². The molecule has 3 N–H and O–H groups in total. The molecule has 1 aromatic rings.